The Labute approximate surface area is 86.4 Å². The van der Waals surface area contributed by atoms with Gasteiger partial charge in [0.25, 0.3) is 0 Å². The molecule has 1 fully saturated rings. The van der Waals surface area contributed by atoms with E-state index in [-0.39, 0.29) is 5.75 Å². The Kier molecular flexibility index (Phi) is 1.51. The summed E-state index contributed by atoms with van der Waals surface area (Å²) in [4.78, 5) is 0. The summed E-state index contributed by atoms with van der Waals surface area (Å²) in [6.07, 6.45) is 5.73. The SMILES string of the molecule is N#Cc1cnn2cc(C3CC3)cc(O)c12. The molecule has 0 aliphatic heterocycles. The zero-order chi connectivity index (χ0) is 10.4. The average Bonchev–Trinajstić information content (AvgIpc) is 2.99. The van der Waals surface area contributed by atoms with Gasteiger partial charge in [-0.05, 0) is 30.4 Å². The first-order valence-electron chi connectivity index (χ1n) is 4.90. The number of nitrogens with zero attached hydrogens (tertiary/aromatic N) is 3. The maximum absolute atomic E-state index is 9.82. The van der Waals surface area contributed by atoms with Crippen molar-refractivity contribution in [3.63, 3.8) is 0 Å². The number of nitriles is 1. The molecule has 3 rings (SSSR count). The van der Waals surface area contributed by atoms with Crippen molar-refractivity contribution < 1.29 is 5.11 Å². The zero-order valence-corrected chi connectivity index (χ0v) is 8.01. The number of aromatic nitrogens is 2. The molecular formula is C11H9N3O. The fourth-order valence-corrected chi connectivity index (χ4v) is 1.84. The highest BCUT2D eigenvalue weighted by Crippen LogP contribution is 2.41. The Hall–Kier alpha value is -2.02. The van der Waals surface area contributed by atoms with Crippen molar-refractivity contribution in [2.45, 2.75) is 18.8 Å². The molecule has 2 aromatic heterocycles. The summed E-state index contributed by atoms with van der Waals surface area (Å²) in [6, 6.07) is 3.76. The van der Waals surface area contributed by atoms with E-state index in [4.69, 9.17) is 5.26 Å². The standard InChI is InChI=1S/C11H9N3O/c12-4-9-5-13-14-6-8(7-1-2-7)3-10(15)11(9)14/h3,5-7,15H,1-2H2. The highest BCUT2D eigenvalue weighted by atomic mass is 16.3. The minimum Gasteiger partial charge on any atom is -0.506 e. The van der Waals surface area contributed by atoms with Gasteiger partial charge >= 0.3 is 0 Å². The van der Waals surface area contributed by atoms with Crippen LogP contribution < -0.4 is 0 Å². The lowest BCUT2D eigenvalue weighted by atomic mass is 10.1. The molecule has 1 N–H and O–H groups in total. The normalized spacial score (nSPS) is 15.4. The van der Waals surface area contributed by atoms with Gasteiger partial charge in [0, 0.05) is 6.20 Å². The van der Waals surface area contributed by atoms with Crippen molar-refractivity contribution in [2.24, 2.45) is 0 Å². The smallest absolute Gasteiger partial charge is 0.143 e. The van der Waals surface area contributed by atoms with Crippen molar-refractivity contribution in [1.29, 1.82) is 5.26 Å². The predicted molar refractivity (Wildman–Crippen MR) is 53.5 cm³/mol. The van der Waals surface area contributed by atoms with Crippen molar-refractivity contribution in [2.75, 3.05) is 0 Å². The predicted octanol–water partition coefficient (Wildman–Crippen LogP) is 1.79. The molecule has 4 nitrogen and oxygen atoms in total. The van der Waals surface area contributed by atoms with Crippen LogP contribution in [0.3, 0.4) is 0 Å². The minimum absolute atomic E-state index is 0.147. The number of rotatable bonds is 1. The summed E-state index contributed by atoms with van der Waals surface area (Å²) in [5.74, 6) is 0.712. The van der Waals surface area contributed by atoms with Gasteiger partial charge in [0.1, 0.15) is 22.9 Å². The molecule has 2 heterocycles. The van der Waals surface area contributed by atoms with E-state index < -0.39 is 0 Å². The van der Waals surface area contributed by atoms with E-state index in [1.165, 1.54) is 19.0 Å². The second-order valence-electron chi connectivity index (χ2n) is 3.90. The lowest BCUT2D eigenvalue weighted by molar-refractivity contribution is 0.477. The average molecular weight is 199 g/mol. The summed E-state index contributed by atoms with van der Waals surface area (Å²) >= 11 is 0. The molecule has 1 saturated carbocycles. The van der Waals surface area contributed by atoms with E-state index in [2.05, 4.69) is 5.10 Å². The molecule has 0 amide bonds. The van der Waals surface area contributed by atoms with E-state index in [0.717, 1.165) is 5.56 Å². The molecule has 0 saturated heterocycles. The van der Waals surface area contributed by atoms with Gasteiger partial charge < -0.3 is 5.11 Å². The second-order valence-corrected chi connectivity index (χ2v) is 3.90. The van der Waals surface area contributed by atoms with E-state index in [1.54, 1.807) is 10.6 Å². The first-order chi connectivity index (χ1) is 7.29. The van der Waals surface area contributed by atoms with Crippen LogP contribution in [0.2, 0.25) is 0 Å². The third-order valence-corrected chi connectivity index (χ3v) is 2.78. The van der Waals surface area contributed by atoms with E-state index in [1.807, 2.05) is 12.3 Å². The Morgan fingerprint density at radius 2 is 2.33 bits per heavy atom. The summed E-state index contributed by atoms with van der Waals surface area (Å²) in [7, 11) is 0. The number of pyridine rings is 1. The fourth-order valence-electron chi connectivity index (χ4n) is 1.84. The highest BCUT2D eigenvalue weighted by molar-refractivity contribution is 5.69. The molecule has 0 radical (unpaired) electrons. The fraction of sp³-hybridized carbons (Fsp3) is 0.273. The van der Waals surface area contributed by atoms with E-state index >= 15 is 0 Å². The van der Waals surface area contributed by atoms with Gasteiger partial charge in [-0.2, -0.15) is 10.4 Å². The molecule has 15 heavy (non-hydrogen) atoms. The quantitative estimate of drug-likeness (QED) is 0.761. The molecule has 0 atom stereocenters. The number of hydrogen-bond donors (Lipinski definition) is 1. The summed E-state index contributed by atoms with van der Waals surface area (Å²) in [6.45, 7) is 0. The summed E-state index contributed by atoms with van der Waals surface area (Å²) in [5.41, 5.74) is 2.02. The molecule has 0 bridgehead atoms. The van der Waals surface area contributed by atoms with Crippen molar-refractivity contribution in [1.82, 2.24) is 9.61 Å². The van der Waals surface area contributed by atoms with Gasteiger partial charge in [0.15, 0.2) is 0 Å². The Morgan fingerprint density at radius 3 is 3.00 bits per heavy atom. The van der Waals surface area contributed by atoms with Crippen LogP contribution in [0.5, 0.6) is 5.75 Å². The van der Waals surface area contributed by atoms with Gasteiger partial charge in [-0.25, -0.2) is 4.52 Å². The lowest BCUT2D eigenvalue weighted by Crippen LogP contribution is -1.91. The largest absolute Gasteiger partial charge is 0.506 e. The van der Waals surface area contributed by atoms with Gasteiger partial charge in [-0.1, -0.05) is 0 Å². The topological polar surface area (TPSA) is 61.3 Å². The van der Waals surface area contributed by atoms with Crippen LogP contribution in [0.15, 0.2) is 18.5 Å². The Bertz CT molecular complexity index is 575. The second kappa shape index (κ2) is 2.74. The van der Waals surface area contributed by atoms with Crippen molar-refractivity contribution >= 4 is 5.52 Å². The monoisotopic (exact) mass is 199 g/mol. The molecule has 1 aliphatic carbocycles. The molecular weight excluding hydrogens is 190 g/mol. The van der Waals surface area contributed by atoms with Crippen LogP contribution in [0.25, 0.3) is 5.52 Å². The van der Waals surface area contributed by atoms with Gasteiger partial charge in [0.2, 0.25) is 0 Å². The van der Waals surface area contributed by atoms with E-state index in [0.29, 0.717) is 17.0 Å². The molecule has 74 valence electrons. The maximum atomic E-state index is 9.82. The van der Waals surface area contributed by atoms with Crippen LogP contribution in [-0.4, -0.2) is 14.7 Å². The summed E-state index contributed by atoms with van der Waals surface area (Å²) in [5, 5.41) is 22.7. The van der Waals surface area contributed by atoms with Crippen LogP contribution in [-0.2, 0) is 0 Å². The Morgan fingerprint density at radius 1 is 1.53 bits per heavy atom. The highest BCUT2D eigenvalue weighted by Gasteiger charge is 2.25. The molecule has 0 aromatic carbocycles. The number of hydrogen-bond acceptors (Lipinski definition) is 3. The summed E-state index contributed by atoms with van der Waals surface area (Å²) < 4.78 is 1.58. The molecule has 0 unspecified atom stereocenters. The van der Waals surface area contributed by atoms with Gasteiger partial charge in [0.05, 0.1) is 6.20 Å². The third kappa shape index (κ3) is 1.17. The first-order valence-corrected chi connectivity index (χ1v) is 4.90. The maximum Gasteiger partial charge on any atom is 0.143 e. The lowest BCUT2D eigenvalue weighted by Gasteiger charge is -2.02. The Balaban J connectivity index is 2.29. The van der Waals surface area contributed by atoms with Crippen LogP contribution in [0.4, 0.5) is 0 Å². The third-order valence-electron chi connectivity index (χ3n) is 2.78. The molecule has 1 aliphatic rings. The van der Waals surface area contributed by atoms with Crippen LogP contribution in [0, 0.1) is 11.3 Å². The van der Waals surface area contributed by atoms with Crippen LogP contribution in [0.1, 0.15) is 29.9 Å². The molecule has 2 aromatic rings. The molecule has 0 spiro atoms. The zero-order valence-electron chi connectivity index (χ0n) is 8.01. The van der Waals surface area contributed by atoms with E-state index in [9.17, 15) is 5.11 Å². The molecule has 4 heteroatoms. The van der Waals surface area contributed by atoms with Crippen molar-refractivity contribution in [3.05, 3.63) is 29.6 Å². The van der Waals surface area contributed by atoms with Gasteiger partial charge in [-0.3, -0.25) is 0 Å². The number of aromatic hydroxyl groups is 1. The minimum atomic E-state index is 0.147. The van der Waals surface area contributed by atoms with Crippen LogP contribution >= 0.6 is 0 Å². The number of fused-ring (bicyclic) bond motifs is 1. The van der Waals surface area contributed by atoms with Gasteiger partial charge in [-0.15, -0.1) is 0 Å². The van der Waals surface area contributed by atoms with Crippen molar-refractivity contribution in [3.8, 4) is 11.8 Å². The first kappa shape index (κ1) is 8.30.